The average molecular weight is 379 g/mol. The van der Waals surface area contributed by atoms with E-state index in [1.807, 2.05) is 12.1 Å². The molecule has 3 rings (SSSR count). The fourth-order valence-electron chi connectivity index (χ4n) is 3.29. The maximum Gasteiger partial charge on any atom is 0.330 e. The van der Waals surface area contributed by atoms with Gasteiger partial charge < -0.3 is 9.30 Å². The number of hydrogen-bond donors (Lipinski definition) is 0. The van der Waals surface area contributed by atoms with Crippen molar-refractivity contribution in [2.45, 2.75) is 23.8 Å². The first-order chi connectivity index (χ1) is 12.3. The van der Waals surface area contributed by atoms with Gasteiger partial charge in [-0.05, 0) is 30.5 Å². The molecule has 140 valence electrons. The van der Waals surface area contributed by atoms with Crippen LogP contribution < -0.4 is 16.0 Å². The normalized spacial score (nSPS) is 18.2. The van der Waals surface area contributed by atoms with Crippen LogP contribution in [0.3, 0.4) is 0 Å². The Bertz CT molecular complexity index is 1050. The summed E-state index contributed by atoms with van der Waals surface area (Å²) in [6.07, 6.45) is 2.44. The summed E-state index contributed by atoms with van der Waals surface area (Å²) in [6, 6.07) is 6.87. The lowest BCUT2D eigenvalue weighted by atomic mass is 10.1. The second-order valence-corrected chi connectivity index (χ2v) is 8.16. The first kappa shape index (κ1) is 18.4. The Morgan fingerprint density at radius 3 is 2.62 bits per heavy atom. The molecule has 0 saturated carbocycles. The molecule has 1 unspecified atom stereocenters. The third-order valence-electron chi connectivity index (χ3n) is 4.68. The lowest BCUT2D eigenvalue weighted by molar-refractivity contribution is 0.388. The van der Waals surface area contributed by atoms with Gasteiger partial charge in [-0.1, -0.05) is 12.1 Å². The summed E-state index contributed by atoms with van der Waals surface area (Å²) in [5.41, 5.74) is -0.573. The molecule has 2 heterocycles. The molecule has 1 aromatic heterocycles. The summed E-state index contributed by atoms with van der Waals surface area (Å²) in [5.74, 6) is 0.643. The molecule has 1 aromatic carbocycles. The molecule has 26 heavy (non-hydrogen) atoms. The van der Waals surface area contributed by atoms with Crippen LogP contribution in [-0.2, 0) is 24.1 Å². The number of methoxy groups -OCH3 is 1. The average Bonchev–Trinajstić information content (AvgIpc) is 3.13. The van der Waals surface area contributed by atoms with Crippen molar-refractivity contribution in [1.82, 2.24) is 13.4 Å². The summed E-state index contributed by atoms with van der Waals surface area (Å²) in [5, 5.41) is 0. The maximum absolute atomic E-state index is 13.2. The van der Waals surface area contributed by atoms with Crippen LogP contribution in [-0.4, -0.2) is 35.5 Å². The first-order valence-electron chi connectivity index (χ1n) is 8.20. The van der Waals surface area contributed by atoms with Gasteiger partial charge in [-0.25, -0.2) is 13.2 Å². The Morgan fingerprint density at radius 2 is 1.92 bits per heavy atom. The second kappa shape index (κ2) is 6.73. The fourth-order valence-corrected chi connectivity index (χ4v) is 5.12. The van der Waals surface area contributed by atoms with E-state index in [-0.39, 0.29) is 6.04 Å². The highest BCUT2D eigenvalue weighted by Gasteiger charge is 2.38. The molecule has 0 amide bonds. The number of ether oxygens (including phenoxy) is 1. The molecule has 1 aliphatic rings. The predicted octanol–water partition coefficient (Wildman–Crippen LogP) is 0.618. The molecule has 1 atom stereocenters. The van der Waals surface area contributed by atoms with Crippen molar-refractivity contribution in [2.24, 2.45) is 14.1 Å². The fraction of sp³-hybridized carbons (Fsp3) is 0.412. The molecule has 1 aliphatic heterocycles. The van der Waals surface area contributed by atoms with E-state index < -0.39 is 26.2 Å². The van der Waals surface area contributed by atoms with Crippen LogP contribution in [0.15, 0.2) is 44.9 Å². The van der Waals surface area contributed by atoms with Gasteiger partial charge in [0, 0.05) is 26.8 Å². The van der Waals surface area contributed by atoms with E-state index in [1.165, 1.54) is 18.4 Å². The number of nitrogens with zero attached hydrogens (tertiary/aromatic N) is 3. The maximum atomic E-state index is 13.2. The van der Waals surface area contributed by atoms with Gasteiger partial charge in [-0.15, -0.1) is 0 Å². The number of aryl methyl sites for hydroxylation is 1. The molecular formula is C17H21N3O5S. The van der Waals surface area contributed by atoms with Gasteiger partial charge >= 0.3 is 5.69 Å². The molecule has 0 bridgehead atoms. The number of aromatic nitrogens is 2. The van der Waals surface area contributed by atoms with Crippen LogP contribution >= 0.6 is 0 Å². The van der Waals surface area contributed by atoms with E-state index in [0.717, 1.165) is 20.9 Å². The van der Waals surface area contributed by atoms with E-state index in [2.05, 4.69) is 0 Å². The summed E-state index contributed by atoms with van der Waals surface area (Å²) < 4.78 is 34.8. The van der Waals surface area contributed by atoms with Gasteiger partial charge in [0.1, 0.15) is 5.75 Å². The van der Waals surface area contributed by atoms with Crippen LogP contribution in [0.4, 0.5) is 0 Å². The van der Waals surface area contributed by atoms with Crippen molar-refractivity contribution in [3.05, 3.63) is 56.9 Å². The van der Waals surface area contributed by atoms with E-state index >= 15 is 0 Å². The number of hydrogen-bond acceptors (Lipinski definition) is 5. The molecule has 8 nitrogen and oxygen atoms in total. The number of sulfonamides is 1. The monoisotopic (exact) mass is 379 g/mol. The highest BCUT2D eigenvalue weighted by molar-refractivity contribution is 7.89. The highest BCUT2D eigenvalue weighted by atomic mass is 32.2. The van der Waals surface area contributed by atoms with Gasteiger partial charge in [-0.2, -0.15) is 4.31 Å². The largest absolute Gasteiger partial charge is 0.497 e. The smallest absolute Gasteiger partial charge is 0.330 e. The van der Waals surface area contributed by atoms with Crippen molar-refractivity contribution in [1.29, 1.82) is 0 Å². The molecule has 1 saturated heterocycles. The zero-order valence-corrected chi connectivity index (χ0v) is 15.7. The van der Waals surface area contributed by atoms with Crippen molar-refractivity contribution in [2.75, 3.05) is 13.7 Å². The highest BCUT2D eigenvalue weighted by Crippen LogP contribution is 2.36. The molecule has 2 aromatic rings. The van der Waals surface area contributed by atoms with Crippen molar-refractivity contribution < 1.29 is 13.2 Å². The second-order valence-electron chi connectivity index (χ2n) is 6.30. The molecule has 9 heteroatoms. The molecular weight excluding hydrogens is 358 g/mol. The van der Waals surface area contributed by atoms with Crippen LogP contribution in [0.25, 0.3) is 0 Å². The lowest BCUT2D eigenvalue weighted by Gasteiger charge is -2.24. The van der Waals surface area contributed by atoms with Crippen LogP contribution in [0, 0.1) is 0 Å². The van der Waals surface area contributed by atoms with Crippen LogP contribution in [0.5, 0.6) is 5.75 Å². The van der Waals surface area contributed by atoms with Gasteiger partial charge in [-0.3, -0.25) is 9.36 Å². The summed E-state index contributed by atoms with van der Waals surface area (Å²) in [4.78, 5) is 23.9. The minimum atomic E-state index is -4.05. The Morgan fingerprint density at radius 1 is 1.19 bits per heavy atom. The van der Waals surface area contributed by atoms with Crippen molar-refractivity contribution >= 4 is 10.0 Å². The Labute approximate surface area is 151 Å². The zero-order chi connectivity index (χ0) is 19.1. The van der Waals surface area contributed by atoms with E-state index in [4.69, 9.17) is 4.74 Å². The molecule has 0 N–H and O–H groups in total. The number of rotatable bonds is 4. The first-order valence-corrected chi connectivity index (χ1v) is 9.64. The SMILES string of the molecule is COc1cccc(C2CCCN2S(=O)(=O)c2cn(C)c(=O)n(C)c2=O)c1. The minimum absolute atomic E-state index is 0.316. The van der Waals surface area contributed by atoms with Gasteiger partial charge in [0.2, 0.25) is 0 Å². The third-order valence-corrected chi connectivity index (χ3v) is 6.57. The Hall–Kier alpha value is -2.39. The van der Waals surface area contributed by atoms with Crippen LogP contribution in [0.2, 0.25) is 0 Å². The zero-order valence-electron chi connectivity index (χ0n) is 14.9. The lowest BCUT2D eigenvalue weighted by Crippen LogP contribution is -2.42. The molecule has 0 aliphatic carbocycles. The Kier molecular flexibility index (Phi) is 4.76. The number of benzene rings is 1. The van der Waals surface area contributed by atoms with E-state index in [1.54, 1.807) is 19.2 Å². The topological polar surface area (TPSA) is 90.6 Å². The third kappa shape index (κ3) is 2.97. The summed E-state index contributed by atoms with van der Waals surface area (Å²) in [6.45, 7) is 0.316. The standard InChI is InChI=1S/C17H21N3O5S/c1-18-11-15(16(21)19(2)17(18)22)26(23,24)20-9-5-8-14(20)12-6-4-7-13(10-12)25-3/h4,6-7,10-11,14H,5,8-9H2,1-3H3. The summed E-state index contributed by atoms with van der Waals surface area (Å²) >= 11 is 0. The van der Waals surface area contributed by atoms with Crippen LogP contribution in [0.1, 0.15) is 24.4 Å². The summed E-state index contributed by atoms with van der Waals surface area (Å²) in [7, 11) is 0.195. The Balaban J connectivity index is 2.09. The molecule has 0 radical (unpaired) electrons. The quantitative estimate of drug-likeness (QED) is 0.777. The van der Waals surface area contributed by atoms with Gasteiger partial charge in [0.05, 0.1) is 13.2 Å². The molecule has 0 spiro atoms. The van der Waals surface area contributed by atoms with E-state index in [0.29, 0.717) is 25.1 Å². The molecule has 1 fully saturated rings. The van der Waals surface area contributed by atoms with E-state index in [9.17, 15) is 18.0 Å². The predicted molar refractivity (Wildman–Crippen MR) is 95.8 cm³/mol. The van der Waals surface area contributed by atoms with Gasteiger partial charge in [0.25, 0.3) is 15.6 Å². The van der Waals surface area contributed by atoms with Crippen molar-refractivity contribution in [3.8, 4) is 5.75 Å². The minimum Gasteiger partial charge on any atom is -0.497 e. The van der Waals surface area contributed by atoms with Gasteiger partial charge in [0.15, 0.2) is 4.90 Å². The van der Waals surface area contributed by atoms with Crippen molar-refractivity contribution in [3.63, 3.8) is 0 Å².